The number of aromatic nitrogens is 1. The van der Waals surface area contributed by atoms with Crippen molar-refractivity contribution in [2.75, 3.05) is 18.5 Å². The van der Waals surface area contributed by atoms with Crippen molar-refractivity contribution >= 4 is 38.1 Å². The predicted octanol–water partition coefficient (Wildman–Crippen LogP) is 5.52. The van der Waals surface area contributed by atoms with E-state index < -0.39 is 37.8 Å². The van der Waals surface area contributed by atoms with E-state index >= 15 is 4.39 Å². The van der Waals surface area contributed by atoms with Crippen molar-refractivity contribution in [3.05, 3.63) is 94.0 Å². The predicted molar refractivity (Wildman–Crippen MR) is 140 cm³/mol. The van der Waals surface area contributed by atoms with E-state index in [2.05, 4.69) is 4.98 Å². The molecule has 1 aromatic heterocycles. The van der Waals surface area contributed by atoms with Crippen LogP contribution in [0.3, 0.4) is 0 Å². The smallest absolute Gasteiger partial charge is 0.269 e. The molecule has 1 atom stereocenters. The lowest BCUT2D eigenvalue weighted by atomic mass is 10.2. The van der Waals surface area contributed by atoms with Gasteiger partial charge in [-0.25, -0.2) is 26.5 Å². The highest BCUT2D eigenvalue weighted by molar-refractivity contribution is 7.93. The van der Waals surface area contributed by atoms with E-state index in [1.54, 1.807) is 29.6 Å². The van der Waals surface area contributed by atoms with E-state index in [9.17, 15) is 12.8 Å². The van der Waals surface area contributed by atoms with E-state index in [0.29, 0.717) is 17.1 Å². The van der Waals surface area contributed by atoms with Crippen molar-refractivity contribution in [2.45, 2.75) is 17.7 Å². The third-order valence-electron chi connectivity index (χ3n) is 5.49. The molecule has 38 heavy (non-hydrogen) atoms. The molecule has 0 bridgehead atoms. The second-order valence-corrected chi connectivity index (χ2v) is 10.8. The summed E-state index contributed by atoms with van der Waals surface area (Å²) >= 11 is 7.22. The number of ether oxygens (including phenoxy) is 3. The van der Waals surface area contributed by atoms with E-state index in [1.165, 1.54) is 38.6 Å². The molecule has 4 aromatic rings. The van der Waals surface area contributed by atoms with Gasteiger partial charge in [0.25, 0.3) is 10.0 Å². The maximum atomic E-state index is 15.5. The van der Waals surface area contributed by atoms with E-state index in [0.717, 1.165) is 27.8 Å². The lowest BCUT2D eigenvalue weighted by Gasteiger charge is -2.24. The molecule has 13 heteroatoms. The third-order valence-corrected chi connectivity index (χ3v) is 8.50. The number of hydrogen-bond acceptors (Lipinski definition) is 8. The van der Waals surface area contributed by atoms with Gasteiger partial charge >= 0.3 is 0 Å². The molecule has 0 aliphatic rings. The van der Waals surface area contributed by atoms with Crippen molar-refractivity contribution in [1.29, 1.82) is 0 Å². The summed E-state index contributed by atoms with van der Waals surface area (Å²) in [6.45, 7) is -0.226. The molecule has 1 heterocycles. The fourth-order valence-electron chi connectivity index (χ4n) is 3.56. The molecular weight excluding hydrogens is 560 g/mol. The molecular formula is C25H22ClF2N3O5S2. The van der Waals surface area contributed by atoms with Crippen LogP contribution in [-0.4, -0.2) is 27.6 Å². The van der Waals surface area contributed by atoms with Crippen LogP contribution in [0.1, 0.15) is 17.4 Å². The van der Waals surface area contributed by atoms with Crippen LogP contribution in [0.25, 0.3) is 0 Å². The number of nitrogens with zero attached hydrogens (tertiary/aromatic N) is 2. The fraction of sp³-hybridized carbons (Fsp3) is 0.160. The lowest BCUT2D eigenvalue weighted by Crippen LogP contribution is -2.31. The summed E-state index contributed by atoms with van der Waals surface area (Å²) in [5, 5.41) is 1.06. The molecule has 3 aromatic carbocycles. The van der Waals surface area contributed by atoms with Gasteiger partial charge in [0, 0.05) is 28.8 Å². The summed E-state index contributed by atoms with van der Waals surface area (Å²) in [5.41, 5.74) is 6.42. The third kappa shape index (κ3) is 5.53. The van der Waals surface area contributed by atoms with Crippen LogP contribution in [0.5, 0.6) is 17.2 Å². The van der Waals surface area contributed by atoms with Crippen molar-refractivity contribution in [2.24, 2.45) is 5.73 Å². The lowest BCUT2D eigenvalue weighted by molar-refractivity contribution is 0.208. The number of anilines is 1. The van der Waals surface area contributed by atoms with Gasteiger partial charge in [-0.15, -0.1) is 11.3 Å². The molecule has 0 saturated heterocycles. The van der Waals surface area contributed by atoms with Crippen LogP contribution in [0.2, 0.25) is 5.02 Å². The van der Waals surface area contributed by atoms with Crippen LogP contribution in [-0.2, 0) is 16.6 Å². The molecule has 0 radical (unpaired) electrons. The molecule has 4 rings (SSSR count). The maximum Gasteiger partial charge on any atom is 0.269 e. The zero-order chi connectivity index (χ0) is 27.4. The average molecular weight is 582 g/mol. The Bertz CT molecular complexity index is 1540. The van der Waals surface area contributed by atoms with Gasteiger partial charge in [-0.1, -0.05) is 29.8 Å². The maximum absolute atomic E-state index is 15.5. The Hall–Kier alpha value is -3.45. The van der Waals surface area contributed by atoms with E-state index in [4.69, 9.17) is 31.5 Å². The molecule has 2 N–H and O–H groups in total. The summed E-state index contributed by atoms with van der Waals surface area (Å²) in [6, 6.07) is 12.7. The van der Waals surface area contributed by atoms with Gasteiger partial charge < -0.3 is 14.2 Å². The average Bonchev–Trinajstić information content (AvgIpc) is 3.44. The number of hydrogen-bond donors (Lipinski definition) is 1. The SMILES string of the molecule is COc1ccc(CN(c2nccs2)S(=O)(=O)c2ccc(O[C@@H](N)c3ccccc3F)c(Cl)c2F)c(OC)c1. The van der Waals surface area contributed by atoms with Gasteiger partial charge in [0.15, 0.2) is 17.2 Å². The van der Waals surface area contributed by atoms with Crippen LogP contribution >= 0.6 is 22.9 Å². The van der Waals surface area contributed by atoms with Crippen molar-refractivity contribution in [3.8, 4) is 17.2 Å². The van der Waals surface area contributed by atoms with Crippen LogP contribution in [0, 0.1) is 11.6 Å². The minimum Gasteiger partial charge on any atom is -0.497 e. The van der Waals surface area contributed by atoms with Crippen molar-refractivity contribution in [1.82, 2.24) is 4.98 Å². The van der Waals surface area contributed by atoms with Crippen molar-refractivity contribution in [3.63, 3.8) is 0 Å². The number of benzene rings is 3. The first-order valence-electron chi connectivity index (χ1n) is 10.9. The molecule has 0 fully saturated rings. The van der Waals surface area contributed by atoms with E-state index in [-0.39, 0.29) is 23.0 Å². The van der Waals surface area contributed by atoms with Crippen LogP contribution in [0.4, 0.5) is 13.9 Å². The summed E-state index contributed by atoms with van der Waals surface area (Å²) in [5.74, 6) is -1.25. The van der Waals surface area contributed by atoms with Gasteiger partial charge in [-0.05, 0) is 30.3 Å². The van der Waals surface area contributed by atoms with Crippen LogP contribution < -0.4 is 24.2 Å². The largest absolute Gasteiger partial charge is 0.497 e. The second kappa shape index (κ2) is 11.5. The number of nitrogens with two attached hydrogens (primary N) is 1. The Morgan fingerprint density at radius 1 is 1.08 bits per heavy atom. The molecule has 8 nitrogen and oxygen atoms in total. The number of methoxy groups -OCH3 is 2. The van der Waals surface area contributed by atoms with Gasteiger partial charge in [0.1, 0.15) is 33.0 Å². The molecule has 0 aliphatic heterocycles. The first-order chi connectivity index (χ1) is 18.2. The van der Waals surface area contributed by atoms with Crippen molar-refractivity contribution < 1.29 is 31.4 Å². The minimum atomic E-state index is -4.53. The summed E-state index contributed by atoms with van der Waals surface area (Å²) in [6.07, 6.45) is 0.114. The highest BCUT2D eigenvalue weighted by atomic mass is 35.5. The summed E-state index contributed by atoms with van der Waals surface area (Å²) in [4.78, 5) is 3.40. The number of halogens is 3. The molecule has 0 unspecified atom stereocenters. The van der Waals surface area contributed by atoms with Crippen LogP contribution in [0.15, 0.2) is 71.1 Å². The van der Waals surface area contributed by atoms with Gasteiger partial charge in [0.2, 0.25) is 0 Å². The number of thiazole rings is 1. The second-order valence-electron chi connectivity index (χ2n) is 7.75. The Balaban J connectivity index is 1.70. The zero-order valence-electron chi connectivity index (χ0n) is 20.1. The highest BCUT2D eigenvalue weighted by Gasteiger charge is 2.32. The quantitative estimate of drug-likeness (QED) is 0.246. The first kappa shape index (κ1) is 27.6. The molecule has 0 saturated carbocycles. The summed E-state index contributed by atoms with van der Waals surface area (Å²) < 4.78 is 74.0. The summed E-state index contributed by atoms with van der Waals surface area (Å²) in [7, 11) is -1.61. The standard InChI is InChI=1S/C25H22ClF2N3O5S2/c1-34-16-8-7-15(20(13-16)35-2)14-31(25-30-11-12-37-25)38(32,33)21-10-9-19(22(26)23(21)28)36-24(29)17-5-3-4-6-18(17)27/h3-13,24H,14,29H2,1-2H3/t24-/m1/s1. The molecule has 200 valence electrons. The number of rotatable bonds is 10. The topological polar surface area (TPSA) is 104 Å². The minimum absolute atomic E-state index is 0.0176. The Morgan fingerprint density at radius 2 is 1.84 bits per heavy atom. The Labute approximate surface area is 227 Å². The Morgan fingerprint density at radius 3 is 2.50 bits per heavy atom. The first-order valence-corrected chi connectivity index (χ1v) is 13.6. The van der Waals surface area contributed by atoms with Gasteiger partial charge in [-0.3, -0.25) is 5.73 Å². The highest BCUT2D eigenvalue weighted by Crippen LogP contribution is 2.37. The fourth-order valence-corrected chi connectivity index (χ4v) is 6.16. The molecule has 0 aliphatic carbocycles. The van der Waals surface area contributed by atoms with Gasteiger partial charge in [-0.2, -0.15) is 0 Å². The monoisotopic (exact) mass is 581 g/mol. The van der Waals surface area contributed by atoms with E-state index in [1.807, 2.05) is 0 Å². The normalized spacial score (nSPS) is 12.2. The molecule has 0 spiro atoms. The van der Waals surface area contributed by atoms with Gasteiger partial charge in [0.05, 0.1) is 20.8 Å². The number of sulfonamides is 1. The molecule has 0 amide bonds. The Kier molecular flexibility index (Phi) is 8.36. The zero-order valence-corrected chi connectivity index (χ0v) is 22.5.